The Morgan fingerprint density at radius 3 is 2.63 bits per heavy atom. The van der Waals surface area contributed by atoms with Gasteiger partial charge >= 0.3 is 12.1 Å². The van der Waals surface area contributed by atoms with Crippen molar-refractivity contribution in [2.75, 3.05) is 6.61 Å². The van der Waals surface area contributed by atoms with Crippen molar-refractivity contribution in [1.82, 2.24) is 0 Å². The fraction of sp³-hybridized carbons (Fsp3) is 0.864. The quantitative estimate of drug-likeness (QED) is 0.286. The van der Waals surface area contributed by atoms with Gasteiger partial charge in [0.1, 0.15) is 6.10 Å². The highest BCUT2D eigenvalue weighted by Crippen LogP contribution is 2.48. The summed E-state index contributed by atoms with van der Waals surface area (Å²) in [5, 5.41) is 0. The predicted molar refractivity (Wildman–Crippen MR) is 102 cm³/mol. The fourth-order valence-corrected chi connectivity index (χ4v) is 4.78. The van der Waals surface area contributed by atoms with Gasteiger partial charge in [0.2, 0.25) is 6.17 Å². The smallest absolute Gasteiger partial charge is 0.397 e. The standard InChI is InChI=1S/C22H32F4O4/c1-3-4-12-21(2,22(24,25)26)16(30-17-7-5-6-13-28-17)11-9-14-8-10-15-18(14)19(23)20(27)29-15/h9,11,14-19H,3-8,10,12-13H2,1-2H3/t14-,15+,16?,17?,18-,19+,21?/m0/s1. The molecule has 3 rings (SSSR count). The molecule has 0 N–H and O–H groups in total. The summed E-state index contributed by atoms with van der Waals surface area (Å²) in [6, 6.07) is 0. The Morgan fingerprint density at radius 2 is 2.00 bits per heavy atom. The van der Waals surface area contributed by atoms with Crippen LogP contribution in [0.5, 0.6) is 0 Å². The molecule has 0 aromatic rings. The maximum atomic E-state index is 14.3. The van der Waals surface area contributed by atoms with Gasteiger partial charge in [-0.15, -0.1) is 0 Å². The number of alkyl halides is 4. The van der Waals surface area contributed by atoms with Crippen molar-refractivity contribution < 1.29 is 36.6 Å². The molecule has 2 heterocycles. The first-order valence-corrected chi connectivity index (χ1v) is 11.0. The molecule has 8 heteroatoms. The molecular formula is C22H32F4O4. The van der Waals surface area contributed by atoms with E-state index in [1.54, 1.807) is 6.08 Å². The zero-order valence-corrected chi connectivity index (χ0v) is 17.6. The number of rotatable bonds is 8. The molecule has 0 radical (unpaired) electrons. The maximum Gasteiger partial charge on any atom is 0.397 e. The molecule has 3 aliphatic rings. The molecule has 0 amide bonds. The van der Waals surface area contributed by atoms with Gasteiger partial charge in [0.25, 0.3) is 0 Å². The van der Waals surface area contributed by atoms with Crippen LogP contribution in [-0.4, -0.2) is 43.4 Å². The van der Waals surface area contributed by atoms with Crippen LogP contribution in [0.3, 0.4) is 0 Å². The summed E-state index contributed by atoms with van der Waals surface area (Å²) in [5.41, 5.74) is -2.09. The van der Waals surface area contributed by atoms with Crippen molar-refractivity contribution in [1.29, 1.82) is 0 Å². The van der Waals surface area contributed by atoms with Gasteiger partial charge in [-0.3, -0.25) is 0 Å². The number of esters is 1. The van der Waals surface area contributed by atoms with Gasteiger partial charge in [0.05, 0.1) is 11.5 Å². The minimum atomic E-state index is -4.47. The summed E-state index contributed by atoms with van der Waals surface area (Å²) in [6.07, 6.45) is -1.23. The molecule has 2 saturated heterocycles. The summed E-state index contributed by atoms with van der Waals surface area (Å²) < 4.78 is 73.3. The topological polar surface area (TPSA) is 44.8 Å². The lowest BCUT2D eigenvalue weighted by molar-refractivity contribution is -0.279. The van der Waals surface area contributed by atoms with Crippen LogP contribution in [0.15, 0.2) is 12.2 Å². The number of carbonyl (C=O) groups is 1. The van der Waals surface area contributed by atoms with Crippen molar-refractivity contribution >= 4 is 5.97 Å². The predicted octanol–water partition coefficient (Wildman–Crippen LogP) is 5.50. The highest BCUT2D eigenvalue weighted by atomic mass is 19.4. The molecule has 4 nitrogen and oxygen atoms in total. The Morgan fingerprint density at radius 1 is 1.23 bits per heavy atom. The van der Waals surface area contributed by atoms with E-state index in [4.69, 9.17) is 14.2 Å². The van der Waals surface area contributed by atoms with Crippen LogP contribution < -0.4 is 0 Å². The molecular weight excluding hydrogens is 404 g/mol. The second-order valence-corrected chi connectivity index (χ2v) is 8.95. The zero-order valence-electron chi connectivity index (χ0n) is 17.6. The largest absolute Gasteiger partial charge is 0.460 e. The second kappa shape index (κ2) is 9.55. The molecule has 0 aromatic carbocycles. The van der Waals surface area contributed by atoms with E-state index in [1.807, 2.05) is 6.92 Å². The lowest BCUT2D eigenvalue weighted by Gasteiger charge is -2.40. The monoisotopic (exact) mass is 436 g/mol. The maximum absolute atomic E-state index is 14.3. The van der Waals surface area contributed by atoms with Crippen LogP contribution in [0, 0.1) is 17.3 Å². The lowest BCUT2D eigenvalue weighted by atomic mass is 9.77. The lowest BCUT2D eigenvalue weighted by Crippen LogP contribution is -2.47. The molecule has 0 aromatic heterocycles. The summed E-state index contributed by atoms with van der Waals surface area (Å²) >= 11 is 0. The Bertz CT molecular complexity index is 617. The van der Waals surface area contributed by atoms with Gasteiger partial charge in [0.15, 0.2) is 6.29 Å². The second-order valence-electron chi connectivity index (χ2n) is 8.95. The molecule has 2 aliphatic heterocycles. The fourth-order valence-electron chi connectivity index (χ4n) is 4.78. The molecule has 1 aliphatic carbocycles. The van der Waals surface area contributed by atoms with E-state index in [9.17, 15) is 22.4 Å². The van der Waals surface area contributed by atoms with Gasteiger partial charge in [0, 0.05) is 12.5 Å². The number of unbranched alkanes of at least 4 members (excludes halogenated alkanes) is 1. The van der Waals surface area contributed by atoms with Crippen molar-refractivity contribution in [3.8, 4) is 0 Å². The zero-order chi connectivity index (χ0) is 21.9. The van der Waals surface area contributed by atoms with Crippen LogP contribution in [0.4, 0.5) is 17.6 Å². The Labute approximate surface area is 175 Å². The molecule has 3 unspecified atom stereocenters. The first-order chi connectivity index (χ1) is 14.2. The summed E-state index contributed by atoms with van der Waals surface area (Å²) in [6.45, 7) is 3.51. The number of hydrogen-bond donors (Lipinski definition) is 0. The normalized spacial score (nSPS) is 35.3. The third kappa shape index (κ3) is 4.85. The van der Waals surface area contributed by atoms with E-state index in [-0.39, 0.29) is 12.3 Å². The SMILES string of the molecule is CCCCC(C)(C(C=C[C@@H]1CC[C@H]2OC(=O)[C@H](F)[C@@H]12)OC1CCCCO1)C(F)(F)F. The summed E-state index contributed by atoms with van der Waals surface area (Å²) in [4.78, 5) is 11.5. The van der Waals surface area contributed by atoms with Gasteiger partial charge in [-0.2, -0.15) is 13.2 Å². The minimum Gasteiger partial charge on any atom is -0.460 e. The molecule has 172 valence electrons. The first kappa shape index (κ1) is 23.5. The number of hydrogen-bond acceptors (Lipinski definition) is 4. The van der Waals surface area contributed by atoms with Crippen LogP contribution in [0.25, 0.3) is 0 Å². The molecule has 3 fully saturated rings. The van der Waals surface area contributed by atoms with Crippen molar-refractivity contribution in [2.45, 2.75) is 96.1 Å². The summed E-state index contributed by atoms with van der Waals surface area (Å²) in [5.74, 6) is -1.85. The van der Waals surface area contributed by atoms with Crippen LogP contribution in [0.1, 0.15) is 65.2 Å². The van der Waals surface area contributed by atoms with Gasteiger partial charge < -0.3 is 14.2 Å². The Balaban J connectivity index is 1.83. The number of carbonyl (C=O) groups excluding carboxylic acids is 1. The molecule has 7 atom stereocenters. The molecule has 0 bridgehead atoms. The van der Waals surface area contributed by atoms with Crippen LogP contribution in [-0.2, 0) is 19.0 Å². The number of halogens is 4. The molecule has 30 heavy (non-hydrogen) atoms. The number of ether oxygens (including phenoxy) is 3. The summed E-state index contributed by atoms with van der Waals surface area (Å²) in [7, 11) is 0. The van der Waals surface area contributed by atoms with Crippen LogP contribution >= 0.6 is 0 Å². The van der Waals surface area contributed by atoms with Crippen molar-refractivity contribution in [3.63, 3.8) is 0 Å². The van der Waals surface area contributed by atoms with E-state index >= 15 is 0 Å². The number of fused-ring (bicyclic) bond motifs is 1. The third-order valence-electron chi connectivity index (χ3n) is 6.83. The van der Waals surface area contributed by atoms with Crippen molar-refractivity contribution in [3.05, 3.63) is 12.2 Å². The third-order valence-corrected chi connectivity index (χ3v) is 6.83. The average Bonchev–Trinajstić information content (AvgIpc) is 3.22. The average molecular weight is 436 g/mol. The van der Waals surface area contributed by atoms with E-state index in [1.165, 1.54) is 13.0 Å². The van der Waals surface area contributed by atoms with E-state index < -0.39 is 48.1 Å². The molecule has 1 saturated carbocycles. The van der Waals surface area contributed by atoms with Crippen molar-refractivity contribution in [2.24, 2.45) is 17.3 Å². The van der Waals surface area contributed by atoms with Gasteiger partial charge in [-0.05, 0) is 51.4 Å². The minimum absolute atomic E-state index is 0.0707. The highest BCUT2D eigenvalue weighted by molar-refractivity contribution is 5.77. The van der Waals surface area contributed by atoms with E-state index in [2.05, 4.69) is 0 Å². The molecule has 0 spiro atoms. The Kier molecular flexibility index (Phi) is 7.49. The highest BCUT2D eigenvalue weighted by Gasteiger charge is 2.56. The number of allylic oxidation sites excluding steroid dienone is 1. The van der Waals surface area contributed by atoms with E-state index in [0.717, 1.165) is 12.8 Å². The van der Waals surface area contributed by atoms with Gasteiger partial charge in [-0.1, -0.05) is 31.9 Å². The first-order valence-electron chi connectivity index (χ1n) is 11.0. The van der Waals surface area contributed by atoms with E-state index in [0.29, 0.717) is 38.7 Å². The van der Waals surface area contributed by atoms with Crippen LogP contribution in [0.2, 0.25) is 0 Å². The Hall–Kier alpha value is -1.15. The van der Waals surface area contributed by atoms with Gasteiger partial charge in [-0.25, -0.2) is 9.18 Å².